The van der Waals surface area contributed by atoms with E-state index in [2.05, 4.69) is 25.4 Å². The van der Waals surface area contributed by atoms with Crippen molar-refractivity contribution >= 4 is 11.7 Å². The van der Waals surface area contributed by atoms with E-state index < -0.39 is 0 Å². The first-order chi connectivity index (χ1) is 13.3. The van der Waals surface area contributed by atoms with Gasteiger partial charge in [-0.1, -0.05) is 6.07 Å². The second-order valence-corrected chi connectivity index (χ2v) is 6.04. The number of hydrogen-bond acceptors (Lipinski definition) is 7. The Balaban J connectivity index is 1.59. The van der Waals surface area contributed by atoms with Gasteiger partial charge in [-0.25, -0.2) is 14.6 Å². The number of nitrogens with zero attached hydrogens (tertiary/aromatic N) is 6. The van der Waals surface area contributed by atoms with Gasteiger partial charge in [0.2, 0.25) is 5.91 Å². The lowest BCUT2D eigenvalue weighted by Gasteiger charge is -2.25. The normalized spacial score (nSPS) is 14.8. The fraction of sp³-hybridized carbons (Fsp3) is 0.278. The van der Waals surface area contributed by atoms with Gasteiger partial charge in [0.25, 0.3) is 0 Å². The maximum Gasteiger partial charge on any atom is 0.239 e. The van der Waals surface area contributed by atoms with Gasteiger partial charge in [-0.15, -0.1) is 0 Å². The zero-order chi connectivity index (χ0) is 18.5. The topological polar surface area (TPSA) is 98.1 Å². The van der Waals surface area contributed by atoms with Crippen LogP contribution >= 0.6 is 0 Å². The lowest BCUT2D eigenvalue weighted by molar-refractivity contribution is -0.118. The third kappa shape index (κ3) is 4.33. The van der Waals surface area contributed by atoms with Crippen molar-refractivity contribution in [1.82, 2.24) is 29.6 Å². The predicted molar refractivity (Wildman–Crippen MR) is 98.3 cm³/mol. The number of morpholine rings is 1. The average molecular weight is 365 g/mol. The first kappa shape index (κ1) is 17.3. The Morgan fingerprint density at radius 3 is 2.78 bits per heavy atom. The molecule has 1 aliphatic heterocycles. The van der Waals surface area contributed by atoms with E-state index in [1.807, 2.05) is 23.1 Å². The number of aromatic nitrogens is 5. The molecule has 1 fully saturated rings. The highest BCUT2D eigenvalue weighted by molar-refractivity contribution is 5.91. The molecule has 0 aliphatic carbocycles. The molecule has 1 N–H and O–H groups in total. The summed E-state index contributed by atoms with van der Waals surface area (Å²) < 4.78 is 6.93. The number of nitrogens with one attached hydrogen (secondary N) is 1. The number of ether oxygens (including phenoxy) is 1. The number of pyridine rings is 1. The molecule has 27 heavy (non-hydrogen) atoms. The van der Waals surface area contributed by atoms with Gasteiger partial charge in [0, 0.05) is 37.7 Å². The van der Waals surface area contributed by atoms with Gasteiger partial charge in [0.1, 0.15) is 11.5 Å². The van der Waals surface area contributed by atoms with E-state index in [9.17, 15) is 4.79 Å². The van der Waals surface area contributed by atoms with E-state index in [1.165, 1.54) is 0 Å². The molecule has 0 bridgehead atoms. The van der Waals surface area contributed by atoms with Crippen LogP contribution in [0.15, 0.2) is 48.9 Å². The van der Waals surface area contributed by atoms with Crippen molar-refractivity contribution in [2.75, 3.05) is 38.2 Å². The molecule has 0 radical (unpaired) electrons. The van der Waals surface area contributed by atoms with Crippen molar-refractivity contribution in [3.8, 4) is 17.3 Å². The van der Waals surface area contributed by atoms with E-state index in [4.69, 9.17) is 4.74 Å². The Hall–Kier alpha value is -3.17. The van der Waals surface area contributed by atoms with Crippen molar-refractivity contribution in [1.29, 1.82) is 0 Å². The van der Waals surface area contributed by atoms with E-state index in [-0.39, 0.29) is 5.91 Å². The molecule has 0 aromatic carbocycles. The Kier molecular flexibility index (Phi) is 5.13. The molecule has 1 aliphatic rings. The fourth-order valence-electron chi connectivity index (χ4n) is 2.77. The minimum Gasteiger partial charge on any atom is -0.379 e. The standard InChI is InChI=1S/C18H19N7O2/c26-17(13-24-8-10-27-11-9-24)21-15-12-16(25-7-3-6-20-25)23-18(22-15)14-4-1-2-5-19-14/h1-7,12H,8-11,13H2,(H,21,22,23,26). The molecule has 0 unspecified atom stereocenters. The van der Waals surface area contributed by atoms with Crippen LogP contribution in [0.25, 0.3) is 17.3 Å². The van der Waals surface area contributed by atoms with Gasteiger partial charge in [-0.05, 0) is 18.2 Å². The van der Waals surface area contributed by atoms with E-state index in [1.54, 1.807) is 35.4 Å². The molecule has 4 rings (SSSR count). The Labute approximate surface area is 156 Å². The lowest BCUT2D eigenvalue weighted by Crippen LogP contribution is -2.41. The average Bonchev–Trinajstić information content (AvgIpc) is 3.24. The summed E-state index contributed by atoms with van der Waals surface area (Å²) in [7, 11) is 0. The maximum absolute atomic E-state index is 12.4. The highest BCUT2D eigenvalue weighted by Crippen LogP contribution is 2.17. The lowest BCUT2D eigenvalue weighted by atomic mass is 10.3. The van der Waals surface area contributed by atoms with Crippen LogP contribution in [0.3, 0.4) is 0 Å². The number of carbonyl (C=O) groups is 1. The molecule has 0 saturated carbocycles. The summed E-state index contributed by atoms with van der Waals surface area (Å²) in [6.45, 7) is 3.08. The monoisotopic (exact) mass is 365 g/mol. The van der Waals surface area contributed by atoms with Gasteiger partial charge in [-0.3, -0.25) is 14.7 Å². The summed E-state index contributed by atoms with van der Waals surface area (Å²) in [6, 6.07) is 9.01. The van der Waals surface area contributed by atoms with Gasteiger partial charge in [0.05, 0.1) is 19.8 Å². The van der Waals surface area contributed by atoms with Crippen molar-refractivity contribution < 1.29 is 9.53 Å². The molecule has 0 spiro atoms. The van der Waals surface area contributed by atoms with Crippen LogP contribution in [0.4, 0.5) is 5.82 Å². The van der Waals surface area contributed by atoms with Crippen molar-refractivity contribution in [3.05, 3.63) is 48.9 Å². The number of anilines is 1. The van der Waals surface area contributed by atoms with Gasteiger partial charge >= 0.3 is 0 Å². The van der Waals surface area contributed by atoms with Crippen molar-refractivity contribution in [2.45, 2.75) is 0 Å². The third-order valence-electron chi connectivity index (χ3n) is 4.08. The molecule has 1 amide bonds. The molecule has 1 saturated heterocycles. The first-order valence-electron chi connectivity index (χ1n) is 8.68. The smallest absolute Gasteiger partial charge is 0.239 e. The maximum atomic E-state index is 12.4. The van der Waals surface area contributed by atoms with E-state index in [0.29, 0.717) is 42.9 Å². The quantitative estimate of drug-likeness (QED) is 0.720. The Morgan fingerprint density at radius 2 is 2.04 bits per heavy atom. The number of carbonyl (C=O) groups excluding carboxylic acids is 1. The SMILES string of the molecule is O=C(CN1CCOCC1)Nc1cc(-n2cccn2)nc(-c2ccccn2)n1. The largest absolute Gasteiger partial charge is 0.379 e. The molecule has 9 heteroatoms. The van der Waals surface area contributed by atoms with Crippen LogP contribution in [0, 0.1) is 0 Å². The highest BCUT2D eigenvalue weighted by Gasteiger charge is 2.16. The molecule has 4 heterocycles. The van der Waals surface area contributed by atoms with E-state index >= 15 is 0 Å². The van der Waals surface area contributed by atoms with Gasteiger partial charge < -0.3 is 10.1 Å². The summed E-state index contributed by atoms with van der Waals surface area (Å²) >= 11 is 0. The van der Waals surface area contributed by atoms with Crippen LogP contribution in [0.1, 0.15) is 0 Å². The van der Waals surface area contributed by atoms with Crippen molar-refractivity contribution in [3.63, 3.8) is 0 Å². The summed E-state index contributed by atoms with van der Waals surface area (Å²) in [6.07, 6.45) is 5.12. The van der Waals surface area contributed by atoms with Crippen molar-refractivity contribution in [2.24, 2.45) is 0 Å². The van der Waals surface area contributed by atoms with Gasteiger partial charge in [-0.2, -0.15) is 5.10 Å². The second kappa shape index (κ2) is 8.02. The third-order valence-corrected chi connectivity index (χ3v) is 4.08. The minimum absolute atomic E-state index is 0.131. The Morgan fingerprint density at radius 1 is 1.15 bits per heavy atom. The summed E-state index contributed by atoms with van der Waals surface area (Å²) in [5.74, 6) is 1.26. The number of rotatable bonds is 5. The highest BCUT2D eigenvalue weighted by atomic mass is 16.5. The zero-order valence-corrected chi connectivity index (χ0v) is 14.7. The summed E-state index contributed by atoms with van der Waals surface area (Å²) in [5.41, 5.74) is 0.621. The number of amides is 1. The Bertz CT molecular complexity index is 893. The fourth-order valence-corrected chi connectivity index (χ4v) is 2.77. The molecule has 138 valence electrons. The molecule has 9 nitrogen and oxygen atoms in total. The molecule has 3 aromatic heterocycles. The second-order valence-electron chi connectivity index (χ2n) is 6.04. The molecule has 3 aromatic rings. The first-order valence-corrected chi connectivity index (χ1v) is 8.68. The van der Waals surface area contributed by atoms with Crippen LogP contribution < -0.4 is 5.32 Å². The molecule has 0 atom stereocenters. The summed E-state index contributed by atoms with van der Waals surface area (Å²) in [4.78, 5) is 27.8. The molecular weight excluding hydrogens is 346 g/mol. The van der Waals surface area contributed by atoms with Crippen LogP contribution in [0.2, 0.25) is 0 Å². The predicted octanol–water partition coefficient (Wildman–Crippen LogP) is 0.995. The molecular formula is C18H19N7O2. The minimum atomic E-state index is -0.131. The number of hydrogen-bond donors (Lipinski definition) is 1. The van der Waals surface area contributed by atoms with Crippen LogP contribution in [-0.4, -0.2) is 68.4 Å². The van der Waals surface area contributed by atoms with E-state index in [0.717, 1.165) is 13.1 Å². The summed E-state index contributed by atoms with van der Waals surface area (Å²) in [5, 5.41) is 7.07. The zero-order valence-electron chi connectivity index (χ0n) is 14.7. The van der Waals surface area contributed by atoms with Gasteiger partial charge in [0.15, 0.2) is 11.6 Å². The van der Waals surface area contributed by atoms with Crippen LogP contribution in [-0.2, 0) is 9.53 Å². The van der Waals surface area contributed by atoms with Crippen LogP contribution in [0.5, 0.6) is 0 Å².